The minimum Gasteiger partial charge on any atom is -0.338 e. The number of carbonyl (C=O) groups is 1. The van der Waals surface area contributed by atoms with Crippen LogP contribution in [0, 0.1) is 0 Å². The second kappa shape index (κ2) is 6.31. The lowest BCUT2D eigenvalue weighted by molar-refractivity contribution is -0.134. The van der Waals surface area contributed by atoms with Crippen molar-refractivity contribution >= 4 is 17.5 Å². The summed E-state index contributed by atoms with van der Waals surface area (Å²) in [6.45, 7) is 1.54. The van der Waals surface area contributed by atoms with Gasteiger partial charge in [0.1, 0.15) is 0 Å². The van der Waals surface area contributed by atoms with Crippen molar-refractivity contribution in [3.63, 3.8) is 0 Å². The Bertz CT molecular complexity index is 609. The molecule has 3 heteroatoms. The van der Waals surface area contributed by atoms with Gasteiger partial charge in [-0.05, 0) is 35.6 Å². The van der Waals surface area contributed by atoms with Gasteiger partial charge < -0.3 is 4.90 Å². The Balaban J connectivity index is 1.64. The molecule has 0 N–H and O–H groups in total. The van der Waals surface area contributed by atoms with Crippen LogP contribution in [0.4, 0.5) is 0 Å². The summed E-state index contributed by atoms with van der Waals surface area (Å²) in [5.41, 5.74) is 2.41. The van der Waals surface area contributed by atoms with Crippen LogP contribution in [-0.2, 0) is 11.3 Å². The van der Waals surface area contributed by atoms with Crippen LogP contribution in [0.3, 0.4) is 0 Å². The molecule has 21 heavy (non-hydrogen) atoms. The summed E-state index contributed by atoms with van der Waals surface area (Å²) in [5, 5.41) is 0.742. The van der Waals surface area contributed by atoms with Crippen LogP contribution in [0.15, 0.2) is 54.6 Å². The van der Waals surface area contributed by atoms with Gasteiger partial charge in [0, 0.05) is 24.5 Å². The fourth-order valence-corrected chi connectivity index (χ4v) is 2.99. The molecule has 1 atom stereocenters. The Labute approximate surface area is 130 Å². The number of hydrogen-bond donors (Lipinski definition) is 0. The summed E-state index contributed by atoms with van der Waals surface area (Å²) in [6.07, 6.45) is 1.61. The van der Waals surface area contributed by atoms with E-state index in [0.717, 1.165) is 18.0 Å². The third-order valence-electron chi connectivity index (χ3n) is 4.08. The van der Waals surface area contributed by atoms with Crippen molar-refractivity contribution in [1.82, 2.24) is 4.90 Å². The van der Waals surface area contributed by atoms with Gasteiger partial charge in [0.05, 0.1) is 0 Å². The lowest BCUT2D eigenvalue weighted by Gasteiger charge is -2.32. The van der Waals surface area contributed by atoms with Crippen LogP contribution >= 0.6 is 11.6 Å². The molecular formula is C18H18ClNO. The first-order valence-corrected chi connectivity index (χ1v) is 7.67. The Morgan fingerprint density at radius 3 is 2.43 bits per heavy atom. The summed E-state index contributed by atoms with van der Waals surface area (Å²) in [5.74, 6) is 0.562. The molecule has 1 fully saturated rings. The fraction of sp³-hybridized carbons (Fsp3) is 0.278. The average Bonchev–Trinajstić information content (AvgIpc) is 2.51. The number of piperidine rings is 1. The van der Waals surface area contributed by atoms with Crippen LogP contribution < -0.4 is 0 Å². The number of hydrogen-bond acceptors (Lipinski definition) is 1. The smallest absolute Gasteiger partial charge is 0.223 e. The zero-order chi connectivity index (χ0) is 14.7. The average molecular weight is 300 g/mol. The highest BCUT2D eigenvalue weighted by atomic mass is 35.5. The van der Waals surface area contributed by atoms with Crippen LogP contribution in [-0.4, -0.2) is 17.4 Å². The third-order valence-corrected chi connectivity index (χ3v) is 4.33. The number of amides is 1. The predicted octanol–water partition coefficient (Wildman–Crippen LogP) is 4.25. The molecule has 0 aromatic heterocycles. The van der Waals surface area contributed by atoms with Crippen molar-refractivity contribution in [2.24, 2.45) is 0 Å². The number of rotatable bonds is 3. The van der Waals surface area contributed by atoms with Crippen molar-refractivity contribution < 1.29 is 4.79 Å². The van der Waals surface area contributed by atoms with Crippen molar-refractivity contribution in [1.29, 1.82) is 0 Å². The minimum atomic E-state index is 0.241. The third kappa shape index (κ3) is 3.45. The zero-order valence-corrected chi connectivity index (χ0v) is 12.6. The largest absolute Gasteiger partial charge is 0.338 e. The SMILES string of the molecule is O=C1CC(c2ccc(Cl)cc2)CCN1Cc1ccccc1. The molecule has 3 rings (SSSR count). The molecule has 1 aliphatic heterocycles. The van der Waals surface area contributed by atoms with Gasteiger partial charge in [-0.15, -0.1) is 0 Å². The van der Waals surface area contributed by atoms with E-state index in [-0.39, 0.29) is 5.91 Å². The van der Waals surface area contributed by atoms with E-state index in [9.17, 15) is 4.79 Å². The van der Waals surface area contributed by atoms with E-state index in [2.05, 4.69) is 12.1 Å². The van der Waals surface area contributed by atoms with Gasteiger partial charge in [0.25, 0.3) is 0 Å². The van der Waals surface area contributed by atoms with E-state index in [1.165, 1.54) is 11.1 Å². The molecule has 0 saturated carbocycles. The zero-order valence-electron chi connectivity index (χ0n) is 11.8. The quantitative estimate of drug-likeness (QED) is 0.830. The van der Waals surface area contributed by atoms with Crippen LogP contribution in [0.25, 0.3) is 0 Å². The van der Waals surface area contributed by atoms with Gasteiger partial charge >= 0.3 is 0 Å². The van der Waals surface area contributed by atoms with Crippen molar-refractivity contribution in [2.45, 2.75) is 25.3 Å². The van der Waals surface area contributed by atoms with Crippen molar-refractivity contribution in [3.05, 3.63) is 70.7 Å². The van der Waals surface area contributed by atoms with Gasteiger partial charge in [0.2, 0.25) is 5.91 Å². The highest BCUT2D eigenvalue weighted by molar-refractivity contribution is 6.30. The lowest BCUT2D eigenvalue weighted by Crippen LogP contribution is -2.37. The molecule has 1 saturated heterocycles. The maximum Gasteiger partial charge on any atom is 0.223 e. The molecule has 0 radical (unpaired) electrons. The van der Waals surface area contributed by atoms with Crippen LogP contribution in [0.1, 0.15) is 29.9 Å². The molecule has 2 aromatic carbocycles. The number of carbonyl (C=O) groups excluding carboxylic acids is 1. The van der Waals surface area contributed by atoms with Crippen LogP contribution in [0.2, 0.25) is 5.02 Å². The minimum absolute atomic E-state index is 0.241. The summed E-state index contributed by atoms with van der Waals surface area (Å²) in [7, 11) is 0. The van der Waals surface area contributed by atoms with Crippen molar-refractivity contribution in [2.75, 3.05) is 6.54 Å². The molecule has 0 bridgehead atoms. The molecular weight excluding hydrogens is 282 g/mol. The molecule has 0 spiro atoms. The normalized spacial score (nSPS) is 18.8. The molecule has 1 amide bonds. The standard InChI is InChI=1S/C18H18ClNO/c19-17-8-6-15(7-9-17)16-10-11-20(18(21)12-16)13-14-4-2-1-3-5-14/h1-9,16H,10-13H2. The van der Waals surface area contributed by atoms with E-state index < -0.39 is 0 Å². The molecule has 0 aliphatic carbocycles. The number of halogens is 1. The van der Waals surface area contributed by atoms with E-state index in [1.807, 2.05) is 47.4 Å². The Morgan fingerprint density at radius 2 is 1.76 bits per heavy atom. The van der Waals surface area contributed by atoms with E-state index >= 15 is 0 Å². The molecule has 2 nitrogen and oxygen atoms in total. The van der Waals surface area contributed by atoms with Gasteiger partial charge in [-0.2, -0.15) is 0 Å². The van der Waals surface area contributed by atoms with Crippen molar-refractivity contribution in [3.8, 4) is 0 Å². The summed E-state index contributed by atoms with van der Waals surface area (Å²) < 4.78 is 0. The number of benzene rings is 2. The number of nitrogens with zero attached hydrogens (tertiary/aromatic N) is 1. The topological polar surface area (TPSA) is 20.3 Å². The Morgan fingerprint density at radius 1 is 1.05 bits per heavy atom. The fourth-order valence-electron chi connectivity index (χ4n) is 2.87. The molecule has 2 aromatic rings. The van der Waals surface area contributed by atoms with Gasteiger partial charge in [-0.25, -0.2) is 0 Å². The van der Waals surface area contributed by atoms with Gasteiger partial charge in [-0.1, -0.05) is 54.1 Å². The predicted molar refractivity (Wildman–Crippen MR) is 85.3 cm³/mol. The summed E-state index contributed by atoms with van der Waals surface area (Å²) in [4.78, 5) is 14.3. The van der Waals surface area contributed by atoms with E-state index in [4.69, 9.17) is 11.6 Å². The van der Waals surface area contributed by atoms with E-state index in [1.54, 1.807) is 0 Å². The first-order valence-electron chi connectivity index (χ1n) is 7.29. The lowest BCUT2D eigenvalue weighted by atomic mass is 9.89. The Hall–Kier alpha value is -1.80. The van der Waals surface area contributed by atoms with Gasteiger partial charge in [-0.3, -0.25) is 4.79 Å². The molecule has 1 aliphatic rings. The molecule has 108 valence electrons. The highest BCUT2D eigenvalue weighted by Crippen LogP contribution is 2.30. The summed E-state index contributed by atoms with van der Waals surface area (Å²) in [6, 6.07) is 18.0. The Kier molecular flexibility index (Phi) is 4.26. The van der Waals surface area contributed by atoms with Gasteiger partial charge in [0.15, 0.2) is 0 Å². The second-order valence-electron chi connectivity index (χ2n) is 5.54. The first-order chi connectivity index (χ1) is 10.2. The maximum absolute atomic E-state index is 12.3. The second-order valence-corrected chi connectivity index (χ2v) is 5.98. The molecule has 1 unspecified atom stereocenters. The first kappa shape index (κ1) is 14.2. The summed E-state index contributed by atoms with van der Waals surface area (Å²) >= 11 is 5.92. The maximum atomic E-state index is 12.3. The number of likely N-dealkylation sites (tertiary alicyclic amines) is 1. The molecule has 1 heterocycles. The van der Waals surface area contributed by atoms with Crippen LogP contribution in [0.5, 0.6) is 0 Å². The van der Waals surface area contributed by atoms with E-state index in [0.29, 0.717) is 18.9 Å². The monoisotopic (exact) mass is 299 g/mol. The highest BCUT2D eigenvalue weighted by Gasteiger charge is 2.26.